The van der Waals surface area contributed by atoms with Gasteiger partial charge in [-0.2, -0.15) is 0 Å². The summed E-state index contributed by atoms with van der Waals surface area (Å²) in [4.78, 5) is 25.3. The molecule has 2 aliphatic heterocycles. The predicted molar refractivity (Wildman–Crippen MR) is 121 cm³/mol. The van der Waals surface area contributed by atoms with Crippen LogP contribution in [0.15, 0.2) is 12.1 Å². The second-order valence-electron chi connectivity index (χ2n) is 8.32. The molecule has 0 bridgehead atoms. The lowest BCUT2D eigenvalue weighted by Gasteiger charge is -2.48. The Hall–Kier alpha value is -1.85. The summed E-state index contributed by atoms with van der Waals surface area (Å²) >= 11 is 0. The maximum absolute atomic E-state index is 14.6. The largest absolute Gasteiger partial charge is 0.351 e. The van der Waals surface area contributed by atoms with Gasteiger partial charge in [0.25, 0.3) is 0 Å². The van der Waals surface area contributed by atoms with E-state index in [4.69, 9.17) is 15.2 Å². The molecule has 0 saturated carbocycles. The molecular formula is C22H37FN6O3. The summed E-state index contributed by atoms with van der Waals surface area (Å²) in [6.07, 6.45) is -0.542. The zero-order chi connectivity index (χ0) is 23.1. The van der Waals surface area contributed by atoms with Gasteiger partial charge in [-0.25, -0.2) is 9.37 Å². The monoisotopic (exact) mass is 452 g/mol. The predicted octanol–water partition coefficient (Wildman–Crippen LogP) is 0.343. The average Bonchev–Trinajstić information content (AvgIpc) is 2.75. The van der Waals surface area contributed by atoms with Gasteiger partial charge in [-0.3, -0.25) is 9.69 Å². The first kappa shape index (κ1) is 24.8. The van der Waals surface area contributed by atoms with E-state index in [2.05, 4.69) is 21.8 Å². The number of likely N-dealkylation sites (N-methyl/N-ethyl adjacent to an activating group) is 1. The molecule has 0 radical (unpaired) electrons. The van der Waals surface area contributed by atoms with Crippen molar-refractivity contribution in [2.45, 2.75) is 32.7 Å². The third-order valence-corrected chi connectivity index (χ3v) is 6.06. The van der Waals surface area contributed by atoms with Gasteiger partial charge in [-0.05, 0) is 33.0 Å². The molecule has 0 spiro atoms. The number of aromatic nitrogens is 1. The zero-order valence-corrected chi connectivity index (χ0v) is 19.5. The third-order valence-electron chi connectivity index (χ3n) is 6.06. The van der Waals surface area contributed by atoms with Crippen molar-refractivity contribution in [2.24, 2.45) is 5.73 Å². The normalized spacial score (nSPS) is 18.2. The summed E-state index contributed by atoms with van der Waals surface area (Å²) < 4.78 is 25.7. The van der Waals surface area contributed by atoms with Gasteiger partial charge in [-0.1, -0.05) is 0 Å². The zero-order valence-electron chi connectivity index (χ0n) is 19.5. The summed E-state index contributed by atoms with van der Waals surface area (Å²) in [5, 5.41) is 0. The van der Waals surface area contributed by atoms with Crippen LogP contribution in [0.2, 0.25) is 0 Å². The second kappa shape index (κ2) is 11.9. The van der Waals surface area contributed by atoms with E-state index in [1.165, 1.54) is 6.07 Å². The summed E-state index contributed by atoms with van der Waals surface area (Å²) in [6, 6.07) is 3.47. The Kier molecular flexibility index (Phi) is 9.18. The van der Waals surface area contributed by atoms with Gasteiger partial charge in [0.05, 0.1) is 25.3 Å². The molecule has 1 aromatic heterocycles. The lowest BCUT2D eigenvalue weighted by atomic mass is 10.1. The van der Waals surface area contributed by atoms with E-state index in [1.807, 2.05) is 18.7 Å². The molecule has 2 fully saturated rings. The highest BCUT2D eigenvalue weighted by Crippen LogP contribution is 2.26. The molecule has 0 aromatic carbocycles. The van der Waals surface area contributed by atoms with Crippen LogP contribution in [0.1, 0.15) is 19.5 Å². The number of hydrogen-bond acceptors (Lipinski definition) is 8. The molecule has 1 aromatic rings. The summed E-state index contributed by atoms with van der Waals surface area (Å²) in [6.45, 7) is 10.8. The van der Waals surface area contributed by atoms with Gasteiger partial charge < -0.3 is 29.9 Å². The van der Waals surface area contributed by atoms with Crippen LogP contribution in [-0.2, 0) is 20.8 Å². The molecule has 3 heterocycles. The first-order valence-electron chi connectivity index (χ1n) is 11.5. The highest BCUT2D eigenvalue weighted by molar-refractivity contribution is 5.78. The van der Waals surface area contributed by atoms with Crippen molar-refractivity contribution in [1.82, 2.24) is 19.7 Å². The molecule has 1 amide bonds. The maximum Gasteiger partial charge on any atom is 0.236 e. The summed E-state index contributed by atoms with van der Waals surface area (Å²) in [5.74, 6) is -0.232. The van der Waals surface area contributed by atoms with E-state index in [0.717, 1.165) is 39.3 Å². The van der Waals surface area contributed by atoms with Crippen molar-refractivity contribution in [2.75, 3.05) is 77.5 Å². The van der Waals surface area contributed by atoms with Gasteiger partial charge in [0.1, 0.15) is 0 Å². The van der Waals surface area contributed by atoms with Gasteiger partial charge in [-0.15, -0.1) is 0 Å². The molecule has 0 atom stereocenters. The fraction of sp³-hybridized carbons (Fsp3) is 0.727. The number of hydrogen-bond donors (Lipinski definition) is 1. The summed E-state index contributed by atoms with van der Waals surface area (Å²) in [5.41, 5.74) is 6.22. The number of ether oxygens (including phenoxy) is 2. The number of anilines is 1. The number of pyridine rings is 1. The van der Waals surface area contributed by atoms with Crippen LogP contribution in [-0.4, -0.2) is 111 Å². The summed E-state index contributed by atoms with van der Waals surface area (Å²) in [7, 11) is 2.14. The molecule has 3 rings (SSSR count). The maximum atomic E-state index is 14.6. The lowest BCUT2D eigenvalue weighted by Crippen LogP contribution is -2.63. The Morgan fingerprint density at radius 3 is 2.47 bits per heavy atom. The molecule has 9 nitrogen and oxygen atoms in total. The minimum atomic E-state index is -0.542. The van der Waals surface area contributed by atoms with Crippen LogP contribution >= 0.6 is 0 Å². The SMILES string of the molecule is CCOC(CN(Cc1ccc(F)c(N2CC(N3CCN(C)CC3)C2)n1)C(=O)CN)OCC. The molecular weight excluding hydrogens is 415 g/mol. The number of halogens is 1. The highest BCUT2D eigenvalue weighted by Gasteiger charge is 2.35. The van der Waals surface area contributed by atoms with Crippen molar-refractivity contribution in [3.8, 4) is 0 Å². The van der Waals surface area contributed by atoms with Gasteiger partial charge >= 0.3 is 0 Å². The van der Waals surface area contributed by atoms with E-state index < -0.39 is 6.29 Å². The van der Waals surface area contributed by atoms with Crippen molar-refractivity contribution in [1.29, 1.82) is 0 Å². The van der Waals surface area contributed by atoms with E-state index in [-0.39, 0.29) is 31.4 Å². The molecule has 10 heteroatoms. The molecule has 2 N–H and O–H groups in total. The Morgan fingerprint density at radius 2 is 1.88 bits per heavy atom. The molecule has 0 aliphatic carbocycles. The Balaban J connectivity index is 1.64. The fourth-order valence-corrected chi connectivity index (χ4v) is 4.11. The van der Waals surface area contributed by atoms with Crippen LogP contribution in [0, 0.1) is 5.82 Å². The number of piperazine rings is 1. The number of rotatable bonds is 11. The molecule has 32 heavy (non-hydrogen) atoms. The Morgan fingerprint density at radius 1 is 1.22 bits per heavy atom. The smallest absolute Gasteiger partial charge is 0.236 e. The van der Waals surface area contributed by atoms with E-state index in [9.17, 15) is 9.18 Å². The van der Waals surface area contributed by atoms with Crippen LogP contribution in [0.4, 0.5) is 10.2 Å². The lowest BCUT2D eigenvalue weighted by molar-refractivity contribution is -0.159. The molecule has 0 unspecified atom stereocenters. The average molecular weight is 453 g/mol. The van der Waals surface area contributed by atoms with Crippen LogP contribution in [0.5, 0.6) is 0 Å². The van der Waals surface area contributed by atoms with Gasteiger partial charge in [0.15, 0.2) is 17.9 Å². The van der Waals surface area contributed by atoms with Crippen molar-refractivity contribution < 1.29 is 18.7 Å². The quantitative estimate of drug-likeness (QED) is 0.481. The number of nitrogens with zero attached hydrogens (tertiary/aromatic N) is 5. The van der Waals surface area contributed by atoms with Crippen LogP contribution in [0.25, 0.3) is 0 Å². The molecule has 2 aliphatic rings. The standard InChI is InChI=1S/C22H37FN6O3/c1-4-31-21(32-5-2)16-28(20(30)12-24)13-17-6-7-19(23)22(25-17)29-14-18(15-29)27-10-8-26(3)9-11-27/h6-7,18,21H,4-5,8-16,24H2,1-3H3. The molecule has 2 saturated heterocycles. The minimum Gasteiger partial charge on any atom is -0.351 e. The van der Waals surface area contributed by atoms with Gasteiger partial charge in [0, 0.05) is 58.5 Å². The number of amides is 1. The van der Waals surface area contributed by atoms with Crippen LogP contribution in [0.3, 0.4) is 0 Å². The Labute approximate surface area is 190 Å². The van der Waals surface area contributed by atoms with E-state index >= 15 is 0 Å². The van der Waals surface area contributed by atoms with Gasteiger partial charge in [0.2, 0.25) is 5.91 Å². The minimum absolute atomic E-state index is 0.127. The number of nitrogens with two attached hydrogens (primary N) is 1. The van der Waals surface area contributed by atoms with Crippen molar-refractivity contribution >= 4 is 11.7 Å². The first-order valence-corrected chi connectivity index (χ1v) is 11.5. The Bertz CT molecular complexity index is 734. The highest BCUT2D eigenvalue weighted by atomic mass is 19.1. The topological polar surface area (TPSA) is 87.4 Å². The first-order chi connectivity index (χ1) is 15.4. The van der Waals surface area contributed by atoms with Crippen LogP contribution < -0.4 is 10.6 Å². The molecule has 180 valence electrons. The fourth-order valence-electron chi connectivity index (χ4n) is 4.11. The second-order valence-corrected chi connectivity index (χ2v) is 8.32. The van der Waals surface area contributed by atoms with E-state index in [0.29, 0.717) is 30.8 Å². The number of carbonyl (C=O) groups is 1. The third kappa shape index (κ3) is 6.35. The number of carbonyl (C=O) groups excluding carboxylic acids is 1. The van der Waals surface area contributed by atoms with Crippen molar-refractivity contribution in [3.05, 3.63) is 23.6 Å². The van der Waals surface area contributed by atoms with Crippen molar-refractivity contribution in [3.63, 3.8) is 0 Å². The van der Waals surface area contributed by atoms with E-state index in [1.54, 1.807) is 11.0 Å².